The lowest BCUT2D eigenvalue weighted by Gasteiger charge is -2.25. The van der Waals surface area contributed by atoms with Crippen LogP contribution in [0.1, 0.15) is 5.56 Å². The van der Waals surface area contributed by atoms with E-state index in [2.05, 4.69) is 10.0 Å². The van der Waals surface area contributed by atoms with Crippen LogP contribution in [0.5, 0.6) is 5.75 Å². The molecule has 90 valence electrons. The van der Waals surface area contributed by atoms with Gasteiger partial charge in [-0.15, -0.1) is 0 Å². The van der Waals surface area contributed by atoms with Gasteiger partial charge in [-0.1, -0.05) is 5.11 Å². The van der Waals surface area contributed by atoms with E-state index in [0.29, 0.717) is 18.8 Å². The molecule has 0 N–H and O–H groups in total. The Balaban J connectivity index is 2.26. The van der Waals surface area contributed by atoms with E-state index in [4.69, 9.17) is 15.0 Å². The van der Waals surface area contributed by atoms with Crippen molar-refractivity contribution in [1.82, 2.24) is 0 Å². The third-order valence-corrected chi connectivity index (χ3v) is 2.69. The highest BCUT2D eigenvalue weighted by Crippen LogP contribution is 2.36. The molecule has 2 rings (SSSR count). The van der Waals surface area contributed by atoms with Gasteiger partial charge in [0.15, 0.2) is 0 Å². The second-order valence-electron chi connectivity index (χ2n) is 4.04. The SMILES string of the molecule is COCC1(CN=[N+]=[N-])Cc2cc(F)ccc2O1. The number of nitrogens with zero attached hydrogens (tertiary/aromatic N) is 3. The number of fused-ring (bicyclic) bond motifs is 1. The fourth-order valence-corrected chi connectivity index (χ4v) is 2.04. The molecule has 0 spiro atoms. The quantitative estimate of drug-likeness (QED) is 0.458. The van der Waals surface area contributed by atoms with Gasteiger partial charge in [-0.05, 0) is 23.7 Å². The van der Waals surface area contributed by atoms with Gasteiger partial charge in [-0.2, -0.15) is 0 Å². The second-order valence-corrected chi connectivity index (χ2v) is 4.04. The van der Waals surface area contributed by atoms with Crippen LogP contribution < -0.4 is 4.74 Å². The van der Waals surface area contributed by atoms with Crippen LogP contribution in [-0.2, 0) is 11.2 Å². The molecule has 1 heterocycles. The molecule has 0 aliphatic carbocycles. The summed E-state index contributed by atoms with van der Waals surface area (Å²) in [6.45, 7) is 0.454. The summed E-state index contributed by atoms with van der Waals surface area (Å²) in [6.07, 6.45) is 0.479. The Bertz CT molecular complexity index is 474. The van der Waals surface area contributed by atoms with Crippen LogP contribution in [0.3, 0.4) is 0 Å². The fourth-order valence-electron chi connectivity index (χ4n) is 2.04. The van der Waals surface area contributed by atoms with Crippen LogP contribution in [-0.4, -0.2) is 25.9 Å². The third-order valence-electron chi connectivity index (χ3n) is 2.69. The predicted octanol–water partition coefficient (Wildman–Crippen LogP) is 2.46. The van der Waals surface area contributed by atoms with Crippen LogP contribution in [0, 0.1) is 5.82 Å². The zero-order valence-corrected chi connectivity index (χ0v) is 9.39. The predicted molar refractivity (Wildman–Crippen MR) is 59.4 cm³/mol. The minimum Gasteiger partial charge on any atom is -0.484 e. The van der Waals surface area contributed by atoms with Crippen molar-refractivity contribution in [3.63, 3.8) is 0 Å². The van der Waals surface area contributed by atoms with Crippen LogP contribution >= 0.6 is 0 Å². The van der Waals surface area contributed by atoms with E-state index in [1.165, 1.54) is 12.1 Å². The summed E-state index contributed by atoms with van der Waals surface area (Å²) in [4.78, 5) is 2.72. The Hall–Kier alpha value is -1.78. The lowest BCUT2D eigenvalue weighted by atomic mass is 9.98. The zero-order valence-electron chi connectivity index (χ0n) is 9.39. The molecule has 0 radical (unpaired) electrons. The molecule has 0 saturated carbocycles. The Morgan fingerprint density at radius 3 is 3.18 bits per heavy atom. The maximum Gasteiger partial charge on any atom is 0.142 e. The van der Waals surface area contributed by atoms with Crippen LogP contribution in [0.15, 0.2) is 23.3 Å². The minimum atomic E-state index is -0.711. The molecule has 6 heteroatoms. The van der Waals surface area contributed by atoms with Crippen LogP contribution in [0.4, 0.5) is 4.39 Å². The van der Waals surface area contributed by atoms with Crippen molar-refractivity contribution in [3.05, 3.63) is 40.0 Å². The second kappa shape index (κ2) is 4.61. The number of hydrogen-bond acceptors (Lipinski definition) is 3. The topological polar surface area (TPSA) is 67.2 Å². The molecule has 0 bridgehead atoms. The van der Waals surface area contributed by atoms with Gasteiger partial charge < -0.3 is 9.47 Å². The third kappa shape index (κ3) is 2.33. The van der Waals surface area contributed by atoms with Crippen molar-refractivity contribution in [2.75, 3.05) is 20.3 Å². The maximum atomic E-state index is 13.1. The molecule has 1 aliphatic heterocycles. The molecule has 0 fully saturated rings. The molecule has 1 aliphatic rings. The summed E-state index contributed by atoms with van der Waals surface area (Å²) in [5.41, 5.74) is 8.43. The molecular weight excluding hydrogens is 225 g/mol. The Labute approximate surface area is 97.8 Å². The first-order chi connectivity index (χ1) is 8.19. The van der Waals surface area contributed by atoms with Gasteiger partial charge in [-0.25, -0.2) is 4.39 Å². The first-order valence-corrected chi connectivity index (χ1v) is 5.16. The van der Waals surface area contributed by atoms with E-state index >= 15 is 0 Å². The van der Waals surface area contributed by atoms with E-state index in [9.17, 15) is 4.39 Å². The van der Waals surface area contributed by atoms with Gasteiger partial charge in [0.1, 0.15) is 17.2 Å². The number of rotatable bonds is 4. The molecule has 0 aromatic heterocycles. The van der Waals surface area contributed by atoms with Crippen molar-refractivity contribution >= 4 is 0 Å². The smallest absolute Gasteiger partial charge is 0.142 e. The highest BCUT2D eigenvalue weighted by molar-refractivity contribution is 5.40. The van der Waals surface area contributed by atoms with Gasteiger partial charge in [-0.3, -0.25) is 0 Å². The lowest BCUT2D eigenvalue weighted by Crippen LogP contribution is -2.42. The first kappa shape index (κ1) is 11.7. The van der Waals surface area contributed by atoms with Gasteiger partial charge in [0.25, 0.3) is 0 Å². The zero-order chi connectivity index (χ0) is 12.3. The number of azide groups is 1. The molecule has 1 aromatic rings. The summed E-state index contributed by atoms with van der Waals surface area (Å²) >= 11 is 0. The fraction of sp³-hybridized carbons (Fsp3) is 0.455. The van der Waals surface area contributed by atoms with Crippen molar-refractivity contribution in [3.8, 4) is 5.75 Å². The largest absolute Gasteiger partial charge is 0.484 e. The summed E-state index contributed by atoms with van der Waals surface area (Å²) in [5.74, 6) is 0.320. The molecule has 0 amide bonds. The van der Waals surface area contributed by atoms with Gasteiger partial charge >= 0.3 is 0 Å². The summed E-state index contributed by atoms with van der Waals surface area (Å²) in [7, 11) is 1.55. The summed E-state index contributed by atoms with van der Waals surface area (Å²) < 4.78 is 23.9. The van der Waals surface area contributed by atoms with Gasteiger partial charge in [0.05, 0.1) is 13.2 Å². The van der Waals surface area contributed by atoms with E-state index in [1.807, 2.05) is 0 Å². The van der Waals surface area contributed by atoms with Crippen molar-refractivity contribution in [1.29, 1.82) is 0 Å². The summed E-state index contributed by atoms with van der Waals surface area (Å²) in [6, 6.07) is 4.36. The normalized spacial score (nSPS) is 21.5. The molecule has 1 unspecified atom stereocenters. The van der Waals surface area contributed by atoms with Crippen LogP contribution in [0.25, 0.3) is 10.4 Å². The van der Waals surface area contributed by atoms with E-state index in [0.717, 1.165) is 5.56 Å². The Kier molecular flexibility index (Phi) is 3.17. The maximum absolute atomic E-state index is 13.1. The number of halogens is 1. The van der Waals surface area contributed by atoms with Gasteiger partial charge in [0, 0.05) is 24.0 Å². The van der Waals surface area contributed by atoms with E-state index in [-0.39, 0.29) is 12.4 Å². The van der Waals surface area contributed by atoms with Crippen molar-refractivity contribution in [2.24, 2.45) is 5.11 Å². The number of benzene rings is 1. The summed E-state index contributed by atoms with van der Waals surface area (Å²) in [5, 5.41) is 3.53. The molecule has 1 aromatic carbocycles. The number of ether oxygens (including phenoxy) is 2. The molecule has 0 saturated heterocycles. The minimum absolute atomic E-state index is 0.160. The monoisotopic (exact) mass is 237 g/mol. The average molecular weight is 237 g/mol. The first-order valence-electron chi connectivity index (χ1n) is 5.16. The average Bonchev–Trinajstić information content (AvgIpc) is 2.65. The highest BCUT2D eigenvalue weighted by atomic mass is 19.1. The Morgan fingerprint density at radius 2 is 2.47 bits per heavy atom. The van der Waals surface area contributed by atoms with Crippen molar-refractivity contribution < 1.29 is 13.9 Å². The molecule has 1 atom stereocenters. The number of methoxy groups -OCH3 is 1. The van der Waals surface area contributed by atoms with E-state index in [1.54, 1.807) is 13.2 Å². The van der Waals surface area contributed by atoms with Crippen LogP contribution in [0.2, 0.25) is 0 Å². The van der Waals surface area contributed by atoms with Gasteiger partial charge in [0.2, 0.25) is 0 Å². The highest BCUT2D eigenvalue weighted by Gasteiger charge is 2.39. The molecule has 5 nitrogen and oxygen atoms in total. The Morgan fingerprint density at radius 1 is 1.65 bits per heavy atom. The number of hydrogen-bond donors (Lipinski definition) is 0. The van der Waals surface area contributed by atoms with Crippen molar-refractivity contribution in [2.45, 2.75) is 12.0 Å². The lowest BCUT2D eigenvalue weighted by molar-refractivity contribution is 0.0132. The molecule has 17 heavy (non-hydrogen) atoms. The molecular formula is C11H12FN3O2. The standard InChI is InChI=1S/C11H12FN3O2/c1-16-7-11(6-14-15-13)5-8-4-9(12)2-3-10(8)17-11/h2-4H,5-7H2,1H3. The van der Waals surface area contributed by atoms with E-state index < -0.39 is 5.60 Å².